The molecule has 2 N–H and O–H groups in total. The molecule has 0 heterocycles. The molecule has 0 saturated heterocycles. The van der Waals surface area contributed by atoms with Crippen LogP contribution in [0.2, 0.25) is 0 Å². The molecule has 0 aliphatic carbocycles. The quantitative estimate of drug-likeness (QED) is 0.866. The lowest BCUT2D eigenvalue weighted by Gasteiger charge is -2.15. The summed E-state index contributed by atoms with van der Waals surface area (Å²) in [5.41, 5.74) is 1.84. The van der Waals surface area contributed by atoms with Crippen molar-refractivity contribution in [3.8, 4) is 0 Å². The van der Waals surface area contributed by atoms with E-state index < -0.39 is 18.1 Å². The Bertz CT molecular complexity index is 728. The molecule has 1 atom stereocenters. The second-order valence-corrected chi connectivity index (χ2v) is 5.59. The molecule has 0 saturated carbocycles. The van der Waals surface area contributed by atoms with Crippen molar-refractivity contribution in [3.05, 3.63) is 65.7 Å². The Hall–Kier alpha value is -2.83. The zero-order valence-electron chi connectivity index (χ0n) is 13.4. The van der Waals surface area contributed by atoms with Gasteiger partial charge in [-0.2, -0.15) is 13.2 Å². The first kappa shape index (κ1) is 18.5. The molecule has 0 bridgehead atoms. The molecule has 25 heavy (non-hydrogen) atoms. The van der Waals surface area contributed by atoms with Gasteiger partial charge in [-0.05, 0) is 43.2 Å². The summed E-state index contributed by atoms with van der Waals surface area (Å²) < 4.78 is 36.6. The van der Waals surface area contributed by atoms with E-state index in [2.05, 4.69) is 5.32 Å². The van der Waals surface area contributed by atoms with Crippen LogP contribution in [0.4, 0.5) is 18.9 Å². The maximum Gasteiger partial charge on any atom is 0.471 e. The summed E-state index contributed by atoms with van der Waals surface area (Å²) in [4.78, 5) is 22.9. The van der Waals surface area contributed by atoms with Crippen LogP contribution >= 0.6 is 0 Å². The van der Waals surface area contributed by atoms with E-state index in [0.717, 1.165) is 5.56 Å². The molecule has 4 nitrogen and oxygen atoms in total. The summed E-state index contributed by atoms with van der Waals surface area (Å²) in [5.74, 6) is -2.20. The highest BCUT2D eigenvalue weighted by atomic mass is 19.4. The van der Waals surface area contributed by atoms with Crippen LogP contribution in [-0.2, 0) is 11.2 Å². The minimum absolute atomic E-state index is 0.245. The lowest BCUT2D eigenvalue weighted by molar-refractivity contribution is -0.174. The van der Waals surface area contributed by atoms with Gasteiger partial charge < -0.3 is 10.6 Å². The van der Waals surface area contributed by atoms with Crippen molar-refractivity contribution in [1.82, 2.24) is 5.32 Å². The first-order chi connectivity index (χ1) is 11.8. The first-order valence-corrected chi connectivity index (χ1v) is 7.59. The normalized spacial score (nSPS) is 12.3. The van der Waals surface area contributed by atoms with Crippen molar-refractivity contribution in [2.75, 3.05) is 5.32 Å². The fourth-order valence-electron chi connectivity index (χ4n) is 2.23. The van der Waals surface area contributed by atoms with Gasteiger partial charge in [-0.15, -0.1) is 0 Å². The van der Waals surface area contributed by atoms with Crippen molar-refractivity contribution in [3.63, 3.8) is 0 Å². The van der Waals surface area contributed by atoms with Crippen LogP contribution in [0.25, 0.3) is 0 Å². The highest BCUT2D eigenvalue weighted by molar-refractivity contribution is 6.04. The Morgan fingerprint density at radius 2 is 1.60 bits per heavy atom. The minimum Gasteiger partial charge on any atom is -0.345 e. The average molecular weight is 350 g/mol. The number of carbonyl (C=O) groups excluding carboxylic acids is 2. The molecule has 2 amide bonds. The highest BCUT2D eigenvalue weighted by Gasteiger charge is 2.39. The number of rotatable bonds is 5. The Balaban J connectivity index is 1.91. The van der Waals surface area contributed by atoms with Gasteiger partial charge in [0.25, 0.3) is 5.91 Å². The number of hydrogen-bond acceptors (Lipinski definition) is 2. The van der Waals surface area contributed by atoms with E-state index in [1.807, 2.05) is 11.4 Å². The van der Waals surface area contributed by atoms with Crippen molar-refractivity contribution in [2.45, 2.75) is 25.6 Å². The third-order valence-electron chi connectivity index (χ3n) is 3.42. The molecule has 2 rings (SSSR count). The number of halogens is 3. The summed E-state index contributed by atoms with van der Waals surface area (Å²) in [6, 6.07) is 14.7. The number of hydrogen-bond donors (Lipinski definition) is 2. The summed E-state index contributed by atoms with van der Waals surface area (Å²) in [6.45, 7) is 1.49. The second kappa shape index (κ2) is 7.83. The fraction of sp³-hybridized carbons (Fsp3) is 0.222. The molecule has 0 unspecified atom stereocenters. The Kier molecular flexibility index (Phi) is 5.80. The molecule has 2 aromatic rings. The molecule has 0 radical (unpaired) electrons. The molecule has 0 aliphatic rings. The Morgan fingerprint density at radius 1 is 1.00 bits per heavy atom. The smallest absolute Gasteiger partial charge is 0.345 e. The number of amides is 2. The van der Waals surface area contributed by atoms with Gasteiger partial charge in [-0.25, -0.2) is 0 Å². The van der Waals surface area contributed by atoms with Crippen LogP contribution in [-0.4, -0.2) is 24.0 Å². The summed E-state index contributed by atoms with van der Waals surface area (Å²) in [5, 5.41) is 4.64. The molecule has 2 aromatic carbocycles. The lowest BCUT2D eigenvalue weighted by Crippen LogP contribution is -2.42. The van der Waals surface area contributed by atoms with E-state index in [9.17, 15) is 22.8 Å². The van der Waals surface area contributed by atoms with Gasteiger partial charge >= 0.3 is 12.1 Å². The van der Waals surface area contributed by atoms with E-state index in [0.29, 0.717) is 11.3 Å². The van der Waals surface area contributed by atoms with Crippen molar-refractivity contribution in [2.24, 2.45) is 0 Å². The monoisotopic (exact) mass is 350 g/mol. The molecule has 0 aliphatic heterocycles. The van der Waals surface area contributed by atoms with Crippen LogP contribution in [0.5, 0.6) is 0 Å². The van der Waals surface area contributed by atoms with Crippen molar-refractivity contribution >= 4 is 17.5 Å². The van der Waals surface area contributed by atoms with Gasteiger partial charge in [0, 0.05) is 17.3 Å². The lowest BCUT2D eigenvalue weighted by atomic mass is 10.1. The van der Waals surface area contributed by atoms with Crippen LogP contribution in [0.15, 0.2) is 54.6 Å². The zero-order valence-corrected chi connectivity index (χ0v) is 13.4. The topological polar surface area (TPSA) is 58.2 Å². The van der Waals surface area contributed by atoms with E-state index >= 15 is 0 Å². The van der Waals surface area contributed by atoms with Gasteiger partial charge in [0.2, 0.25) is 0 Å². The second-order valence-electron chi connectivity index (χ2n) is 5.59. The van der Waals surface area contributed by atoms with E-state index in [1.165, 1.54) is 6.92 Å². The molecule has 7 heteroatoms. The van der Waals surface area contributed by atoms with Gasteiger partial charge in [0.15, 0.2) is 0 Å². The standard InChI is InChI=1S/C18H17F3N2O2/c1-12(22-17(25)18(19,20)21)11-13-7-9-15(10-8-13)23-16(24)14-5-3-2-4-6-14/h2-10,12H,11H2,1H3,(H,22,25)(H,23,24)/t12-/m0/s1. The summed E-state index contributed by atoms with van der Waals surface area (Å²) >= 11 is 0. The van der Waals surface area contributed by atoms with Gasteiger partial charge in [0.1, 0.15) is 0 Å². The molecular formula is C18H17F3N2O2. The molecular weight excluding hydrogens is 333 g/mol. The number of nitrogens with one attached hydrogen (secondary N) is 2. The maximum atomic E-state index is 12.2. The largest absolute Gasteiger partial charge is 0.471 e. The number of benzene rings is 2. The minimum atomic E-state index is -4.89. The predicted octanol–water partition coefficient (Wildman–Crippen LogP) is 3.55. The third kappa shape index (κ3) is 5.63. The number of anilines is 1. The predicted molar refractivity (Wildman–Crippen MR) is 88.2 cm³/mol. The first-order valence-electron chi connectivity index (χ1n) is 7.59. The average Bonchev–Trinajstić information content (AvgIpc) is 2.56. The summed E-state index contributed by atoms with van der Waals surface area (Å²) in [7, 11) is 0. The fourth-order valence-corrected chi connectivity index (χ4v) is 2.23. The molecule has 132 valence electrons. The van der Waals surface area contributed by atoms with Crippen LogP contribution < -0.4 is 10.6 Å². The van der Waals surface area contributed by atoms with Gasteiger partial charge in [-0.3, -0.25) is 9.59 Å². The molecule has 0 spiro atoms. The Labute approximate surface area is 143 Å². The van der Waals surface area contributed by atoms with Gasteiger partial charge in [0.05, 0.1) is 0 Å². The highest BCUT2D eigenvalue weighted by Crippen LogP contribution is 2.16. The number of carbonyl (C=O) groups is 2. The van der Waals surface area contributed by atoms with Crippen LogP contribution in [0.1, 0.15) is 22.8 Å². The third-order valence-corrected chi connectivity index (χ3v) is 3.42. The van der Waals surface area contributed by atoms with E-state index in [4.69, 9.17) is 0 Å². The summed E-state index contributed by atoms with van der Waals surface area (Å²) in [6.07, 6.45) is -4.64. The van der Waals surface area contributed by atoms with E-state index in [1.54, 1.807) is 48.5 Å². The number of alkyl halides is 3. The van der Waals surface area contributed by atoms with Gasteiger partial charge in [-0.1, -0.05) is 30.3 Å². The SMILES string of the molecule is C[C@@H](Cc1ccc(NC(=O)c2ccccc2)cc1)NC(=O)C(F)(F)F. The molecule has 0 fully saturated rings. The maximum absolute atomic E-state index is 12.2. The van der Waals surface area contributed by atoms with Crippen LogP contribution in [0.3, 0.4) is 0 Å². The van der Waals surface area contributed by atoms with Crippen LogP contribution in [0, 0.1) is 0 Å². The molecule has 0 aromatic heterocycles. The zero-order chi connectivity index (χ0) is 18.4. The van der Waals surface area contributed by atoms with E-state index in [-0.39, 0.29) is 12.3 Å². The van der Waals surface area contributed by atoms with Crippen molar-refractivity contribution in [1.29, 1.82) is 0 Å². The Morgan fingerprint density at radius 3 is 2.16 bits per heavy atom. The van der Waals surface area contributed by atoms with Crippen molar-refractivity contribution < 1.29 is 22.8 Å².